The molecule has 2 nitrogen and oxygen atoms in total. The van der Waals surface area contributed by atoms with Gasteiger partial charge in [-0.05, 0) is 32.3 Å². The Hall–Kier alpha value is -1.18. The number of allylic oxidation sites excluding steroid dienone is 1. The van der Waals surface area contributed by atoms with Gasteiger partial charge in [-0.2, -0.15) is 0 Å². The Kier molecular flexibility index (Phi) is 2.59. The van der Waals surface area contributed by atoms with Crippen molar-refractivity contribution >= 4 is 6.08 Å². The summed E-state index contributed by atoms with van der Waals surface area (Å²) < 4.78 is 0. The van der Waals surface area contributed by atoms with Gasteiger partial charge in [-0.1, -0.05) is 19.9 Å². The topological polar surface area (TPSA) is 25.8 Å². The minimum absolute atomic E-state index is 0.687. The monoisotopic (exact) mass is 202 g/mol. The van der Waals surface area contributed by atoms with Crippen molar-refractivity contribution in [3.8, 4) is 0 Å². The number of nitrogens with zero attached hydrogens (tertiary/aromatic N) is 2. The second kappa shape index (κ2) is 3.76. The highest BCUT2D eigenvalue weighted by molar-refractivity contribution is 5.55. The molecule has 0 bridgehead atoms. The molecule has 0 aromatic carbocycles. The third kappa shape index (κ3) is 1.69. The summed E-state index contributed by atoms with van der Waals surface area (Å²) in [5.41, 5.74) is 4.47. The first-order chi connectivity index (χ1) is 7.25. The lowest BCUT2D eigenvalue weighted by molar-refractivity contribution is 0.878. The number of aryl methyl sites for hydroxylation is 2. The van der Waals surface area contributed by atoms with Crippen LogP contribution in [0.15, 0.2) is 6.08 Å². The predicted octanol–water partition coefficient (Wildman–Crippen LogP) is 3.25. The molecule has 0 spiro atoms. The van der Waals surface area contributed by atoms with Crippen LogP contribution in [0.1, 0.15) is 49.0 Å². The van der Waals surface area contributed by atoms with E-state index in [1.807, 2.05) is 27.7 Å². The molecule has 80 valence electrons. The number of rotatable bonds is 0. The van der Waals surface area contributed by atoms with Crippen LogP contribution in [0.5, 0.6) is 0 Å². The highest BCUT2D eigenvalue weighted by atomic mass is 14.9. The van der Waals surface area contributed by atoms with Gasteiger partial charge < -0.3 is 0 Å². The van der Waals surface area contributed by atoms with Crippen LogP contribution in [0.3, 0.4) is 0 Å². The van der Waals surface area contributed by atoms with Crippen molar-refractivity contribution in [3.05, 3.63) is 28.9 Å². The van der Waals surface area contributed by atoms with E-state index in [1.54, 1.807) is 0 Å². The van der Waals surface area contributed by atoms with Crippen LogP contribution < -0.4 is 0 Å². The number of hydrogen-bond acceptors (Lipinski definition) is 2. The molecule has 0 aliphatic heterocycles. The first-order valence-corrected chi connectivity index (χ1v) is 5.79. The third-order valence-corrected chi connectivity index (χ3v) is 3.05. The maximum Gasteiger partial charge on any atom is 0.0848 e. The van der Waals surface area contributed by atoms with Crippen molar-refractivity contribution in [2.24, 2.45) is 5.92 Å². The smallest absolute Gasteiger partial charge is 0.0848 e. The van der Waals surface area contributed by atoms with E-state index < -0.39 is 0 Å². The molecule has 2 aliphatic carbocycles. The Morgan fingerprint density at radius 3 is 2.53 bits per heavy atom. The molecule has 1 saturated carbocycles. The van der Waals surface area contributed by atoms with Crippen molar-refractivity contribution in [1.82, 2.24) is 9.97 Å². The molecule has 0 saturated heterocycles. The molecule has 1 aromatic heterocycles. The van der Waals surface area contributed by atoms with Gasteiger partial charge in [0.1, 0.15) is 0 Å². The van der Waals surface area contributed by atoms with Gasteiger partial charge in [-0.15, -0.1) is 0 Å². The average Bonchev–Trinajstić information content (AvgIpc) is 3.02. The minimum Gasteiger partial charge on any atom is -0.254 e. The molecule has 2 aliphatic rings. The zero-order valence-corrected chi connectivity index (χ0v) is 9.91. The van der Waals surface area contributed by atoms with E-state index in [1.165, 1.54) is 12.1 Å². The predicted molar refractivity (Wildman–Crippen MR) is 62.7 cm³/mol. The summed E-state index contributed by atoms with van der Waals surface area (Å²) in [7, 11) is 0. The fourth-order valence-corrected chi connectivity index (χ4v) is 1.99. The Morgan fingerprint density at radius 2 is 1.80 bits per heavy atom. The first kappa shape index (κ1) is 10.3. The van der Waals surface area contributed by atoms with Crippen molar-refractivity contribution < 1.29 is 0 Å². The third-order valence-electron chi connectivity index (χ3n) is 3.05. The highest BCUT2D eigenvalue weighted by Crippen LogP contribution is 2.51. The molecule has 2 unspecified atom stereocenters. The Balaban J connectivity index is 0.000000404. The summed E-state index contributed by atoms with van der Waals surface area (Å²) in [5.74, 6) is 1.45. The van der Waals surface area contributed by atoms with Gasteiger partial charge in [0.25, 0.3) is 0 Å². The van der Waals surface area contributed by atoms with E-state index >= 15 is 0 Å². The Labute approximate surface area is 91.5 Å². The fourth-order valence-electron chi connectivity index (χ4n) is 1.99. The summed E-state index contributed by atoms with van der Waals surface area (Å²) in [5, 5.41) is 0. The molecule has 3 rings (SSSR count). The van der Waals surface area contributed by atoms with E-state index in [0.717, 1.165) is 23.0 Å². The van der Waals surface area contributed by atoms with Crippen LogP contribution in [-0.4, -0.2) is 9.97 Å². The van der Waals surface area contributed by atoms with Crippen LogP contribution >= 0.6 is 0 Å². The van der Waals surface area contributed by atoms with E-state index in [9.17, 15) is 0 Å². The lowest BCUT2D eigenvalue weighted by Crippen LogP contribution is -2.04. The van der Waals surface area contributed by atoms with Crippen LogP contribution in [0.2, 0.25) is 0 Å². The largest absolute Gasteiger partial charge is 0.254 e. The van der Waals surface area contributed by atoms with Gasteiger partial charge in [0, 0.05) is 5.92 Å². The number of aromatic nitrogens is 2. The maximum absolute atomic E-state index is 4.62. The van der Waals surface area contributed by atoms with E-state index in [2.05, 4.69) is 22.1 Å². The Morgan fingerprint density at radius 1 is 1.13 bits per heavy atom. The molecule has 1 aromatic rings. The summed E-state index contributed by atoms with van der Waals surface area (Å²) in [6.45, 7) is 8.06. The van der Waals surface area contributed by atoms with E-state index in [4.69, 9.17) is 0 Å². The first-order valence-electron chi connectivity index (χ1n) is 5.79. The van der Waals surface area contributed by atoms with Gasteiger partial charge in [0.05, 0.1) is 22.8 Å². The molecule has 0 radical (unpaired) electrons. The summed E-state index contributed by atoms with van der Waals surface area (Å²) in [6, 6.07) is 0. The molecule has 15 heavy (non-hydrogen) atoms. The molecule has 1 fully saturated rings. The van der Waals surface area contributed by atoms with Crippen LogP contribution in [0.4, 0.5) is 0 Å². The van der Waals surface area contributed by atoms with Crippen molar-refractivity contribution in [2.45, 2.75) is 40.0 Å². The molecule has 0 N–H and O–H groups in total. The molecular formula is C13H18N2. The molecule has 2 heteroatoms. The molecule has 0 amide bonds. The SMILES string of the molecule is CC.Cc1nc2c(nc1C)C1CC1C=C2. The fraction of sp³-hybridized carbons (Fsp3) is 0.538. The minimum atomic E-state index is 0.687. The maximum atomic E-state index is 4.62. The summed E-state index contributed by atoms with van der Waals surface area (Å²) in [4.78, 5) is 9.16. The molecule has 2 atom stereocenters. The number of fused-ring (bicyclic) bond motifs is 3. The average molecular weight is 202 g/mol. The molecular weight excluding hydrogens is 184 g/mol. The zero-order chi connectivity index (χ0) is 11.0. The molecule has 1 heterocycles. The van der Waals surface area contributed by atoms with Crippen molar-refractivity contribution in [1.29, 1.82) is 0 Å². The standard InChI is InChI=1S/C11H12N2.C2H6/c1-6-7(2)13-11-9-5-8(9)3-4-10(11)12-6;1-2/h3-4,8-9H,5H2,1-2H3;1-2H3. The summed E-state index contributed by atoms with van der Waals surface area (Å²) in [6.07, 6.45) is 5.68. The summed E-state index contributed by atoms with van der Waals surface area (Å²) >= 11 is 0. The van der Waals surface area contributed by atoms with Crippen LogP contribution in [0.25, 0.3) is 6.08 Å². The second-order valence-corrected chi connectivity index (χ2v) is 4.03. The van der Waals surface area contributed by atoms with Gasteiger partial charge in [-0.3, -0.25) is 4.98 Å². The van der Waals surface area contributed by atoms with Crippen molar-refractivity contribution in [2.75, 3.05) is 0 Å². The normalized spacial score (nSPS) is 24.8. The quantitative estimate of drug-likeness (QED) is 0.645. The lowest BCUT2D eigenvalue weighted by Gasteiger charge is -2.10. The van der Waals surface area contributed by atoms with Gasteiger partial charge in [0.2, 0.25) is 0 Å². The van der Waals surface area contributed by atoms with Gasteiger partial charge in [-0.25, -0.2) is 4.98 Å². The highest BCUT2D eigenvalue weighted by Gasteiger charge is 2.41. The lowest BCUT2D eigenvalue weighted by atomic mass is 10.1. The van der Waals surface area contributed by atoms with E-state index in [-0.39, 0.29) is 0 Å². The number of hydrogen-bond donors (Lipinski definition) is 0. The second-order valence-electron chi connectivity index (χ2n) is 4.03. The van der Waals surface area contributed by atoms with Crippen LogP contribution in [0, 0.1) is 19.8 Å². The Bertz CT molecular complexity index is 407. The van der Waals surface area contributed by atoms with Gasteiger partial charge >= 0.3 is 0 Å². The van der Waals surface area contributed by atoms with Crippen LogP contribution in [-0.2, 0) is 0 Å². The zero-order valence-electron chi connectivity index (χ0n) is 9.91. The van der Waals surface area contributed by atoms with Crippen molar-refractivity contribution in [3.63, 3.8) is 0 Å². The van der Waals surface area contributed by atoms with Gasteiger partial charge in [0.15, 0.2) is 0 Å². The van der Waals surface area contributed by atoms with E-state index in [0.29, 0.717) is 5.92 Å².